The second kappa shape index (κ2) is 10.2. The van der Waals surface area contributed by atoms with E-state index in [9.17, 15) is 9.59 Å². The highest BCUT2D eigenvalue weighted by Crippen LogP contribution is 2.09. The smallest absolute Gasteiger partial charge is 0.263 e. The molecule has 138 valence electrons. The fourth-order valence-corrected chi connectivity index (χ4v) is 2.69. The average molecular weight is 356 g/mol. The number of aliphatic hydroxyl groups is 1. The van der Waals surface area contributed by atoms with Crippen LogP contribution in [0, 0.1) is 11.3 Å². The van der Waals surface area contributed by atoms with Crippen LogP contribution < -0.4 is 10.6 Å². The summed E-state index contributed by atoms with van der Waals surface area (Å²) in [6, 6.07) is 9.28. The summed E-state index contributed by atoms with van der Waals surface area (Å²) >= 11 is 0. The van der Waals surface area contributed by atoms with Crippen LogP contribution in [0.5, 0.6) is 0 Å². The van der Waals surface area contributed by atoms with Crippen LogP contribution in [-0.4, -0.2) is 41.5 Å². The quantitative estimate of drug-likeness (QED) is 0.345. The molecule has 0 aliphatic carbocycles. The number of nitrogens with zero attached hydrogens (tertiary/aromatic N) is 2. The van der Waals surface area contributed by atoms with Gasteiger partial charge in [-0.1, -0.05) is 24.3 Å². The number of carbonyl (C=O) groups is 2. The summed E-state index contributed by atoms with van der Waals surface area (Å²) in [5, 5.41) is 23.8. The van der Waals surface area contributed by atoms with Crippen LogP contribution in [0.3, 0.4) is 0 Å². The molecule has 26 heavy (non-hydrogen) atoms. The van der Waals surface area contributed by atoms with Gasteiger partial charge in [0.1, 0.15) is 11.6 Å². The van der Waals surface area contributed by atoms with Crippen LogP contribution in [0.25, 0.3) is 0 Å². The molecule has 0 radical (unpaired) electrons. The van der Waals surface area contributed by atoms with Crippen LogP contribution in [0.4, 0.5) is 0 Å². The third-order valence-electron chi connectivity index (χ3n) is 4.18. The van der Waals surface area contributed by atoms with E-state index in [1.165, 1.54) is 6.20 Å². The zero-order valence-corrected chi connectivity index (χ0v) is 14.7. The second-order valence-corrected chi connectivity index (χ2v) is 6.12. The normalized spacial score (nSPS) is 14.2. The number of hydrogen-bond acceptors (Lipinski definition) is 5. The van der Waals surface area contributed by atoms with Gasteiger partial charge in [0, 0.05) is 38.8 Å². The predicted octanol–water partition coefficient (Wildman–Crippen LogP) is 0.805. The number of aliphatic hydroxyl groups excluding tert-OH is 1. The number of benzene rings is 1. The molecule has 1 fully saturated rings. The first-order valence-electron chi connectivity index (χ1n) is 8.72. The van der Waals surface area contributed by atoms with E-state index in [2.05, 4.69) is 10.6 Å². The highest BCUT2D eigenvalue weighted by atomic mass is 16.3. The number of likely N-dealkylation sites (tertiary alicyclic amines) is 1. The molecule has 1 aliphatic rings. The summed E-state index contributed by atoms with van der Waals surface area (Å²) in [7, 11) is 0. The van der Waals surface area contributed by atoms with Gasteiger partial charge in [0.2, 0.25) is 5.91 Å². The molecule has 0 unspecified atom stereocenters. The molecule has 1 heterocycles. The lowest BCUT2D eigenvalue weighted by Gasteiger charge is -2.15. The second-order valence-electron chi connectivity index (χ2n) is 6.12. The van der Waals surface area contributed by atoms with Crippen LogP contribution in [0.1, 0.15) is 30.4 Å². The molecule has 0 aromatic heterocycles. The van der Waals surface area contributed by atoms with Gasteiger partial charge in [0.25, 0.3) is 5.91 Å². The maximum atomic E-state index is 12.0. The zero-order chi connectivity index (χ0) is 18.8. The highest BCUT2D eigenvalue weighted by Gasteiger charge is 2.19. The summed E-state index contributed by atoms with van der Waals surface area (Å²) in [4.78, 5) is 25.3. The lowest BCUT2D eigenvalue weighted by Crippen LogP contribution is -2.31. The number of nitriles is 1. The molecule has 7 nitrogen and oxygen atoms in total. The van der Waals surface area contributed by atoms with Gasteiger partial charge in [-0.25, -0.2) is 0 Å². The number of amides is 2. The SMILES string of the molecule is N#C/C(=C/NCc1ccc(CO)cc1)C(=O)NCCCN1CCCC1=O. The maximum absolute atomic E-state index is 12.0. The molecule has 2 rings (SSSR count). The molecule has 1 aromatic carbocycles. The first-order valence-corrected chi connectivity index (χ1v) is 8.72. The predicted molar refractivity (Wildman–Crippen MR) is 96.3 cm³/mol. The summed E-state index contributed by atoms with van der Waals surface area (Å²) in [5.41, 5.74) is 1.82. The van der Waals surface area contributed by atoms with Crippen LogP contribution in [0.2, 0.25) is 0 Å². The van der Waals surface area contributed by atoms with Crippen molar-refractivity contribution in [2.75, 3.05) is 19.6 Å². The Balaban J connectivity index is 1.71. The average Bonchev–Trinajstić information content (AvgIpc) is 3.07. The van der Waals surface area contributed by atoms with E-state index >= 15 is 0 Å². The molecule has 7 heteroatoms. The molecule has 0 bridgehead atoms. The van der Waals surface area contributed by atoms with Crippen molar-refractivity contribution >= 4 is 11.8 Å². The number of rotatable bonds is 9. The fraction of sp³-hybridized carbons (Fsp3) is 0.421. The van der Waals surface area contributed by atoms with Gasteiger partial charge < -0.3 is 20.6 Å². The standard InChI is InChI=1S/C19H24N4O3/c20-11-17(13-21-12-15-4-6-16(14-24)7-5-15)19(26)22-8-2-10-23-9-1-3-18(23)25/h4-7,13,21,24H,1-3,8-10,12,14H2,(H,22,26)/b17-13-. The lowest BCUT2D eigenvalue weighted by atomic mass is 10.1. The molecule has 2 amide bonds. The lowest BCUT2D eigenvalue weighted by molar-refractivity contribution is -0.127. The Morgan fingerprint density at radius 1 is 1.31 bits per heavy atom. The highest BCUT2D eigenvalue weighted by molar-refractivity contribution is 5.97. The molecule has 1 aromatic rings. The van der Waals surface area contributed by atoms with Crippen molar-refractivity contribution in [3.8, 4) is 6.07 Å². The Morgan fingerprint density at radius 3 is 2.65 bits per heavy atom. The topological polar surface area (TPSA) is 105 Å². The third-order valence-corrected chi connectivity index (χ3v) is 4.18. The minimum atomic E-state index is -0.427. The Morgan fingerprint density at radius 2 is 2.04 bits per heavy atom. The molecular weight excluding hydrogens is 332 g/mol. The number of hydrogen-bond donors (Lipinski definition) is 3. The molecule has 0 saturated carbocycles. The Hall–Kier alpha value is -2.85. The van der Waals surface area contributed by atoms with E-state index in [0.717, 1.165) is 24.1 Å². The summed E-state index contributed by atoms with van der Waals surface area (Å²) in [6.07, 6.45) is 3.59. The van der Waals surface area contributed by atoms with Crippen molar-refractivity contribution in [3.05, 3.63) is 47.2 Å². The van der Waals surface area contributed by atoms with Crippen molar-refractivity contribution < 1.29 is 14.7 Å². The molecular formula is C19H24N4O3. The molecule has 0 atom stereocenters. The van der Waals surface area contributed by atoms with Crippen molar-refractivity contribution in [1.29, 1.82) is 5.26 Å². The van der Waals surface area contributed by atoms with Crippen LogP contribution in [-0.2, 0) is 22.7 Å². The van der Waals surface area contributed by atoms with E-state index in [1.54, 1.807) is 4.90 Å². The zero-order valence-electron chi connectivity index (χ0n) is 14.7. The van der Waals surface area contributed by atoms with Gasteiger partial charge in [-0.05, 0) is 24.0 Å². The van der Waals surface area contributed by atoms with E-state index in [4.69, 9.17) is 10.4 Å². The first kappa shape index (κ1) is 19.5. The minimum absolute atomic E-state index is 0.00170. The summed E-state index contributed by atoms with van der Waals surface area (Å²) in [6.45, 7) is 2.32. The van der Waals surface area contributed by atoms with E-state index in [-0.39, 0.29) is 18.1 Å². The third kappa shape index (κ3) is 5.90. The van der Waals surface area contributed by atoms with Gasteiger partial charge in [-0.15, -0.1) is 0 Å². The number of carbonyl (C=O) groups excluding carboxylic acids is 2. The van der Waals surface area contributed by atoms with Gasteiger partial charge in [-0.2, -0.15) is 5.26 Å². The monoisotopic (exact) mass is 356 g/mol. The molecule has 3 N–H and O–H groups in total. The Kier molecular flexibility index (Phi) is 7.65. The first-order chi connectivity index (χ1) is 12.6. The van der Waals surface area contributed by atoms with Gasteiger partial charge >= 0.3 is 0 Å². The minimum Gasteiger partial charge on any atom is -0.392 e. The molecule has 1 aliphatic heterocycles. The summed E-state index contributed by atoms with van der Waals surface area (Å²) in [5.74, 6) is -0.256. The van der Waals surface area contributed by atoms with Crippen molar-refractivity contribution in [1.82, 2.24) is 15.5 Å². The van der Waals surface area contributed by atoms with Crippen LogP contribution >= 0.6 is 0 Å². The Bertz CT molecular complexity index is 692. The van der Waals surface area contributed by atoms with Crippen molar-refractivity contribution in [2.45, 2.75) is 32.4 Å². The maximum Gasteiger partial charge on any atom is 0.263 e. The van der Waals surface area contributed by atoms with Gasteiger partial charge in [0.15, 0.2) is 0 Å². The molecule has 1 saturated heterocycles. The fourth-order valence-electron chi connectivity index (χ4n) is 2.69. The van der Waals surface area contributed by atoms with Crippen molar-refractivity contribution in [2.24, 2.45) is 0 Å². The van der Waals surface area contributed by atoms with E-state index < -0.39 is 5.91 Å². The van der Waals surface area contributed by atoms with Gasteiger partial charge in [-0.3, -0.25) is 9.59 Å². The van der Waals surface area contributed by atoms with Crippen LogP contribution in [0.15, 0.2) is 36.0 Å². The molecule has 0 spiro atoms. The van der Waals surface area contributed by atoms with E-state index in [0.29, 0.717) is 32.5 Å². The number of nitrogens with one attached hydrogen (secondary N) is 2. The van der Waals surface area contributed by atoms with Gasteiger partial charge in [0.05, 0.1) is 6.61 Å². The Labute approximate surface area is 153 Å². The van der Waals surface area contributed by atoms with E-state index in [1.807, 2.05) is 30.3 Å². The summed E-state index contributed by atoms with van der Waals surface area (Å²) < 4.78 is 0. The largest absolute Gasteiger partial charge is 0.392 e. The van der Waals surface area contributed by atoms with Crippen molar-refractivity contribution in [3.63, 3.8) is 0 Å².